The third kappa shape index (κ3) is 8.04. The Hall–Kier alpha value is -3.47. The van der Waals surface area contributed by atoms with E-state index in [1.165, 1.54) is 27.7 Å². The molecule has 11 heteroatoms. The predicted molar refractivity (Wildman–Crippen MR) is 122 cm³/mol. The second-order valence-electron chi connectivity index (χ2n) is 7.79. The molecule has 1 saturated heterocycles. The van der Waals surface area contributed by atoms with Crippen molar-refractivity contribution in [1.82, 2.24) is 0 Å². The average Bonchev–Trinajstić information content (AvgIpc) is 2.89. The number of hydrogen-bond acceptors (Lipinski definition) is 11. The van der Waals surface area contributed by atoms with E-state index in [1.807, 2.05) is 0 Å². The molecule has 0 saturated carbocycles. The van der Waals surface area contributed by atoms with Gasteiger partial charge in [0, 0.05) is 25.7 Å². The molecule has 1 aliphatic rings. The van der Waals surface area contributed by atoms with E-state index >= 15 is 0 Å². The van der Waals surface area contributed by atoms with E-state index in [4.69, 9.17) is 28.4 Å². The van der Waals surface area contributed by atoms with E-state index in [9.17, 15) is 24.0 Å². The minimum Gasteiger partial charge on any atom is -0.459 e. The normalized spacial score (nSPS) is 23.2. The average molecular weight is 509 g/mol. The highest BCUT2D eigenvalue weighted by molar-refractivity contribution is 5.78. The van der Waals surface area contributed by atoms with Crippen molar-refractivity contribution in [2.24, 2.45) is 0 Å². The van der Waals surface area contributed by atoms with Crippen molar-refractivity contribution >= 4 is 29.8 Å². The Labute approximate surface area is 209 Å². The van der Waals surface area contributed by atoms with Gasteiger partial charge in [0.05, 0.1) is 0 Å². The fourth-order valence-corrected chi connectivity index (χ4v) is 3.21. The van der Waals surface area contributed by atoms with E-state index < -0.39 is 60.6 Å². The van der Waals surface area contributed by atoms with Gasteiger partial charge in [-0.2, -0.15) is 0 Å². The highest BCUT2D eigenvalue weighted by atomic mass is 16.7. The molecule has 0 spiro atoms. The molecule has 0 aromatic heterocycles. The van der Waals surface area contributed by atoms with Crippen LogP contribution >= 0.6 is 0 Å². The summed E-state index contributed by atoms with van der Waals surface area (Å²) in [4.78, 5) is 61.9. The number of carbonyl (C=O) groups excluding carboxylic acids is 5. The fraction of sp³-hybridized carbons (Fsp3) is 0.560. The number of hydrogen-bond donors (Lipinski definition) is 0. The topological polar surface area (TPSA) is 141 Å². The lowest BCUT2D eigenvalue weighted by Gasteiger charge is -2.43. The molecule has 1 aromatic carbocycles. The van der Waals surface area contributed by atoms with E-state index in [2.05, 4.69) is 0 Å². The van der Waals surface area contributed by atoms with Gasteiger partial charge in [-0.25, -0.2) is 4.79 Å². The Morgan fingerprint density at radius 2 is 1.14 bits per heavy atom. The molecule has 1 fully saturated rings. The summed E-state index contributed by atoms with van der Waals surface area (Å²) in [5.74, 6) is -3.86. The molecular weight excluding hydrogens is 476 g/mol. The molecular formula is C25H32O11. The molecule has 5 atom stereocenters. The van der Waals surface area contributed by atoms with Gasteiger partial charge in [-0.05, 0) is 5.56 Å². The first-order valence-electron chi connectivity index (χ1n) is 11.9. The van der Waals surface area contributed by atoms with Crippen molar-refractivity contribution in [3.63, 3.8) is 0 Å². The molecule has 0 N–H and O–H groups in total. The summed E-state index contributed by atoms with van der Waals surface area (Å²) in [6.45, 7) is 6.00. The van der Waals surface area contributed by atoms with Gasteiger partial charge in [0.15, 0.2) is 18.3 Å². The summed E-state index contributed by atoms with van der Waals surface area (Å²) in [5.41, 5.74) is 0.682. The summed E-state index contributed by atoms with van der Waals surface area (Å²) in [6.07, 6.45) is -8.07. The quantitative estimate of drug-likeness (QED) is 0.321. The second-order valence-corrected chi connectivity index (χ2v) is 7.79. The molecule has 2 rings (SSSR count). The van der Waals surface area contributed by atoms with Gasteiger partial charge in [0.2, 0.25) is 12.4 Å². The van der Waals surface area contributed by atoms with Crippen molar-refractivity contribution in [1.29, 1.82) is 0 Å². The largest absolute Gasteiger partial charge is 0.459 e. The van der Waals surface area contributed by atoms with E-state index in [0.717, 1.165) is 0 Å². The number of rotatable bonds is 11. The van der Waals surface area contributed by atoms with Crippen molar-refractivity contribution in [3.05, 3.63) is 35.9 Å². The van der Waals surface area contributed by atoms with Crippen LogP contribution in [-0.2, 0) is 59.0 Å². The number of benzene rings is 1. The number of carbonyl (C=O) groups is 5. The molecule has 0 radical (unpaired) electrons. The Balaban J connectivity index is 2.46. The Morgan fingerprint density at radius 3 is 1.67 bits per heavy atom. The molecule has 1 heterocycles. The third-order valence-electron chi connectivity index (χ3n) is 5.16. The van der Waals surface area contributed by atoms with Crippen molar-refractivity contribution in [3.8, 4) is 0 Å². The maximum absolute atomic E-state index is 13.1. The van der Waals surface area contributed by atoms with Crippen LogP contribution in [0.5, 0.6) is 0 Å². The lowest BCUT2D eigenvalue weighted by atomic mass is 9.97. The zero-order valence-corrected chi connectivity index (χ0v) is 20.8. The third-order valence-corrected chi connectivity index (χ3v) is 5.16. The van der Waals surface area contributed by atoms with Crippen LogP contribution in [0.1, 0.15) is 58.9 Å². The van der Waals surface area contributed by atoms with Crippen LogP contribution in [0.3, 0.4) is 0 Å². The van der Waals surface area contributed by atoms with Crippen molar-refractivity contribution < 1.29 is 52.4 Å². The summed E-state index contributed by atoms with van der Waals surface area (Å²) in [6, 6.07) is 8.80. The monoisotopic (exact) mass is 508 g/mol. The van der Waals surface area contributed by atoms with Crippen LogP contribution < -0.4 is 0 Å². The Bertz CT molecular complexity index is 914. The molecule has 0 bridgehead atoms. The van der Waals surface area contributed by atoms with Crippen LogP contribution in [0.4, 0.5) is 0 Å². The van der Waals surface area contributed by atoms with Crippen LogP contribution in [-0.4, -0.2) is 60.6 Å². The molecule has 198 valence electrons. The highest BCUT2D eigenvalue weighted by Crippen LogP contribution is 2.31. The van der Waals surface area contributed by atoms with Crippen molar-refractivity contribution in [2.75, 3.05) is 0 Å². The van der Waals surface area contributed by atoms with Crippen molar-refractivity contribution in [2.45, 2.75) is 90.7 Å². The van der Waals surface area contributed by atoms with E-state index in [-0.39, 0.29) is 32.3 Å². The number of esters is 5. The van der Waals surface area contributed by atoms with Gasteiger partial charge in [-0.15, -0.1) is 0 Å². The summed E-state index contributed by atoms with van der Waals surface area (Å²) in [7, 11) is 0. The van der Waals surface area contributed by atoms with Gasteiger partial charge >= 0.3 is 29.8 Å². The smallest absolute Gasteiger partial charge is 0.339 e. The first-order chi connectivity index (χ1) is 17.2. The Morgan fingerprint density at radius 1 is 0.667 bits per heavy atom. The molecule has 0 aliphatic carbocycles. The standard InChI is InChI=1S/C25H32O11/c1-5-16(26)32-20-21(33-17(27)6-2)23(34-18(28)7-3)25(35-19(29)8-4)36-22(20)24(30)31-14-15-12-10-9-11-13-15/h9-13,20-23,25H,5-8,14H2,1-4H3/t20-,21-,22-,23+,25+/m0/s1. The summed E-state index contributed by atoms with van der Waals surface area (Å²) < 4.78 is 32.7. The zero-order chi connectivity index (χ0) is 26.7. The van der Waals surface area contributed by atoms with Crippen LogP contribution in [0.2, 0.25) is 0 Å². The highest BCUT2D eigenvalue weighted by Gasteiger charge is 2.56. The van der Waals surface area contributed by atoms with Crippen LogP contribution in [0, 0.1) is 0 Å². The predicted octanol–water partition coefficient (Wildman–Crippen LogP) is 2.37. The maximum atomic E-state index is 13.1. The van der Waals surface area contributed by atoms with Gasteiger partial charge < -0.3 is 28.4 Å². The lowest BCUT2D eigenvalue weighted by Crippen LogP contribution is -2.64. The van der Waals surface area contributed by atoms with E-state index in [1.54, 1.807) is 30.3 Å². The Kier molecular flexibility index (Phi) is 11.3. The van der Waals surface area contributed by atoms with Crippen LogP contribution in [0.25, 0.3) is 0 Å². The second kappa shape index (κ2) is 14.2. The lowest BCUT2D eigenvalue weighted by molar-refractivity contribution is -0.296. The molecule has 0 amide bonds. The SMILES string of the molecule is CCC(=O)O[C@@H]1O[C@H](C(=O)OCc2ccccc2)[C@@H](OC(=O)CC)[C@H](OC(=O)CC)[C@H]1OC(=O)CC. The van der Waals surface area contributed by atoms with Gasteiger partial charge in [0.25, 0.3) is 0 Å². The summed E-state index contributed by atoms with van der Waals surface area (Å²) in [5, 5.41) is 0. The minimum absolute atomic E-state index is 0.0505. The number of ether oxygens (including phenoxy) is 6. The fourth-order valence-electron chi connectivity index (χ4n) is 3.21. The van der Waals surface area contributed by atoms with E-state index in [0.29, 0.717) is 5.56 Å². The molecule has 11 nitrogen and oxygen atoms in total. The maximum Gasteiger partial charge on any atom is 0.339 e. The molecule has 0 unspecified atom stereocenters. The van der Waals surface area contributed by atoms with Crippen LogP contribution in [0.15, 0.2) is 30.3 Å². The summed E-state index contributed by atoms with van der Waals surface area (Å²) >= 11 is 0. The molecule has 1 aliphatic heterocycles. The minimum atomic E-state index is -1.65. The molecule has 36 heavy (non-hydrogen) atoms. The van der Waals surface area contributed by atoms with Gasteiger partial charge in [0.1, 0.15) is 6.61 Å². The molecule has 1 aromatic rings. The zero-order valence-electron chi connectivity index (χ0n) is 20.8. The first-order valence-corrected chi connectivity index (χ1v) is 11.9. The first kappa shape index (κ1) is 28.8. The van der Waals surface area contributed by atoms with Gasteiger partial charge in [-0.3, -0.25) is 19.2 Å². The van der Waals surface area contributed by atoms with Gasteiger partial charge in [-0.1, -0.05) is 58.0 Å².